The highest BCUT2D eigenvalue weighted by Gasteiger charge is 2.48. The zero-order valence-corrected chi connectivity index (χ0v) is 11.5. The van der Waals surface area contributed by atoms with Crippen LogP contribution in [0.25, 0.3) is 0 Å². The van der Waals surface area contributed by atoms with Gasteiger partial charge in [0.2, 0.25) is 5.91 Å². The van der Waals surface area contributed by atoms with Gasteiger partial charge in [0.25, 0.3) is 0 Å². The molecule has 0 aromatic carbocycles. The Hall–Kier alpha value is -1.32. The number of ether oxygens (including phenoxy) is 1. The zero-order chi connectivity index (χ0) is 13.5. The molecular formula is C14H21NO3. The molecule has 0 bridgehead atoms. The van der Waals surface area contributed by atoms with Crippen molar-refractivity contribution in [2.75, 3.05) is 7.05 Å². The fourth-order valence-corrected chi connectivity index (χ4v) is 2.75. The van der Waals surface area contributed by atoms with Gasteiger partial charge in [-0.25, -0.2) is 0 Å². The monoisotopic (exact) mass is 251 g/mol. The second-order valence-electron chi connectivity index (χ2n) is 6.07. The smallest absolute Gasteiger partial charge is 0.319 e. The lowest BCUT2D eigenvalue weighted by atomic mass is 9.85. The van der Waals surface area contributed by atoms with Crippen LogP contribution in [-0.4, -0.2) is 29.4 Å². The molecule has 1 saturated heterocycles. The molecule has 1 heterocycles. The molecule has 0 radical (unpaired) electrons. The fourth-order valence-electron chi connectivity index (χ4n) is 2.75. The molecule has 0 aromatic rings. The number of carbonyl (C=O) groups is 2. The molecule has 0 spiro atoms. The van der Waals surface area contributed by atoms with Crippen molar-refractivity contribution in [1.29, 1.82) is 0 Å². The molecule has 0 aromatic heterocycles. The number of allylic oxidation sites excluding steroid dienone is 2. The summed E-state index contributed by atoms with van der Waals surface area (Å²) in [6.07, 6.45) is 5.00. The molecule has 1 aliphatic carbocycles. The first kappa shape index (κ1) is 13.1. The number of likely N-dealkylation sites (tertiary alicyclic amines) is 1. The SMILES string of the molecule is CN1C(=O)C(C(=O)OC(C)(C)C)C2CCCC=C21. The van der Waals surface area contributed by atoms with Crippen LogP contribution in [0.3, 0.4) is 0 Å². The van der Waals surface area contributed by atoms with Crippen molar-refractivity contribution in [3.63, 3.8) is 0 Å². The third kappa shape index (κ3) is 2.28. The van der Waals surface area contributed by atoms with Gasteiger partial charge >= 0.3 is 5.97 Å². The lowest BCUT2D eigenvalue weighted by Gasteiger charge is -2.24. The molecule has 2 aliphatic rings. The van der Waals surface area contributed by atoms with E-state index in [1.165, 1.54) is 0 Å². The highest BCUT2D eigenvalue weighted by atomic mass is 16.6. The Bertz CT molecular complexity index is 406. The van der Waals surface area contributed by atoms with Crippen molar-refractivity contribution in [2.45, 2.75) is 45.6 Å². The van der Waals surface area contributed by atoms with Gasteiger partial charge in [-0.05, 0) is 40.0 Å². The fraction of sp³-hybridized carbons (Fsp3) is 0.714. The Morgan fingerprint density at radius 2 is 2.11 bits per heavy atom. The molecule has 18 heavy (non-hydrogen) atoms. The van der Waals surface area contributed by atoms with Gasteiger partial charge < -0.3 is 9.64 Å². The third-order valence-electron chi connectivity index (χ3n) is 3.50. The molecule has 2 unspecified atom stereocenters. The van der Waals surface area contributed by atoms with Crippen LogP contribution in [0.4, 0.5) is 0 Å². The van der Waals surface area contributed by atoms with E-state index in [9.17, 15) is 9.59 Å². The topological polar surface area (TPSA) is 46.6 Å². The summed E-state index contributed by atoms with van der Waals surface area (Å²) in [5.41, 5.74) is 0.457. The normalized spacial score (nSPS) is 27.9. The maximum absolute atomic E-state index is 12.2. The largest absolute Gasteiger partial charge is 0.459 e. The first-order valence-corrected chi connectivity index (χ1v) is 6.52. The van der Waals surface area contributed by atoms with Crippen molar-refractivity contribution in [3.05, 3.63) is 11.8 Å². The van der Waals surface area contributed by atoms with E-state index in [0.29, 0.717) is 0 Å². The average Bonchev–Trinajstić information content (AvgIpc) is 2.50. The number of hydrogen-bond donors (Lipinski definition) is 0. The number of nitrogens with zero attached hydrogens (tertiary/aromatic N) is 1. The van der Waals surface area contributed by atoms with Gasteiger partial charge in [0, 0.05) is 18.7 Å². The highest BCUT2D eigenvalue weighted by molar-refractivity contribution is 6.01. The Balaban J connectivity index is 2.22. The van der Waals surface area contributed by atoms with Crippen LogP contribution in [0.1, 0.15) is 40.0 Å². The Kier molecular flexibility index (Phi) is 3.21. The van der Waals surface area contributed by atoms with E-state index >= 15 is 0 Å². The van der Waals surface area contributed by atoms with E-state index in [1.54, 1.807) is 11.9 Å². The molecule has 1 aliphatic heterocycles. The van der Waals surface area contributed by atoms with Gasteiger partial charge in [0.1, 0.15) is 11.5 Å². The van der Waals surface area contributed by atoms with Crippen molar-refractivity contribution in [3.8, 4) is 0 Å². The minimum Gasteiger partial charge on any atom is -0.459 e. The van der Waals surface area contributed by atoms with E-state index in [-0.39, 0.29) is 17.8 Å². The number of rotatable bonds is 1. The van der Waals surface area contributed by atoms with Crippen molar-refractivity contribution < 1.29 is 14.3 Å². The summed E-state index contributed by atoms with van der Waals surface area (Å²) in [6.45, 7) is 5.48. The Morgan fingerprint density at radius 3 is 2.72 bits per heavy atom. The molecular weight excluding hydrogens is 230 g/mol. The van der Waals surface area contributed by atoms with Crippen LogP contribution in [0, 0.1) is 11.8 Å². The molecule has 2 rings (SSSR count). The summed E-state index contributed by atoms with van der Waals surface area (Å²) >= 11 is 0. The predicted molar refractivity (Wildman–Crippen MR) is 67.5 cm³/mol. The second-order valence-corrected chi connectivity index (χ2v) is 6.07. The van der Waals surface area contributed by atoms with Crippen LogP contribution in [0.5, 0.6) is 0 Å². The number of esters is 1. The van der Waals surface area contributed by atoms with Crippen LogP contribution >= 0.6 is 0 Å². The van der Waals surface area contributed by atoms with Crippen LogP contribution in [0.2, 0.25) is 0 Å². The van der Waals surface area contributed by atoms with Gasteiger partial charge in [-0.3, -0.25) is 9.59 Å². The number of amides is 1. The lowest BCUT2D eigenvalue weighted by molar-refractivity contribution is -0.163. The average molecular weight is 251 g/mol. The third-order valence-corrected chi connectivity index (χ3v) is 3.50. The summed E-state index contributed by atoms with van der Waals surface area (Å²) in [4.78, 5) is 26.0. The van der Waals surface area contributed by atoms with Gasteiger partial charge in [-0.2, -0.15) is 0 Å². The molecule has 4 nitrogen and oxygen atoms in total. The van der Waals surface area contributed by atoms with Gasteiger partial charge in [-0.15, -0.1) is 0 Å². The molecule has 1 amide bonds. The maximum Gasteiger partial charge on any atom is 0.319 e. The van der Waals surface area contributed by atoms with Crippen molar-refractivity contribution in [2.24, 2.45) is 11.8 Å². The molecule has 100 valence electrons. The van der Waals surface area contributed by atoms with Crippen molar-refractivity contribution >= 4 is 11.9 Å². The standard InChI is InChI=1S/C14H21NO3/c1-14(2,3)18-13(17)11-9-7-5-6-8-10(9)15(4)12(11)16/h8-9,11H,5-7H2,1-4H3. The van der Waals surface area contributed by atoms with Crippen LogP contribution < -0.4 is 0 Å². The molecule has 2 atom stereocenters. The van der Waals surface area contributed by atoms with Gasteiger partial charge in [0.15, 0.2) is 0 Å². The quantitative estimate of drug-likeness (QED) is 0.529. The van der Waals surface area contributed by atoms with E-state index in [0.717, 1.165) is 25.0 Å². The number of fused-ring (bicyclic) bond motifs is 1. The van der Waals surface area contributed by atoms with Crippen molar-refractivity contribution in [1.82, 2.24) is 4.90 Å². The zero-order valence-electron chi connectivity index (χ0n) is 11.5. The van der Waals surface area contributed by atoms with Crippen LogP contribution in [0.15, 0.2) is 11.8 Å². The summed E-state index contributed by atoms with van der Waals surface area (Å²) < 4.78 is 5.38. The summed E-state index contributed by atoms with van der Waals surface area (Å²) in [7, 11) is 1.75. The minimum atomic E-state index is -0.638. The van der Waals surface area contributed by atoms with E-state index in [1.807, 2.05) is 20.8 Å². The number of carbonyl (C=O) groups excluding carboxylic acids is 2. The van der Waals surface area contributed by atoms with E-state index in [4.69, 9.17) is 4.74 Å². The second kappa shape index (κ2) is 4.41. The molecule has 1 fully saturated rings. The van der Waals surface area contributed by atoms with Gasteiger partial charge in [0.05, 0.1) is 0 Å². The van der Waals surface area contributed by atoms with Gasteiger partial charge in [-0.1, -0.05) is 6.08 Å². The Labute approximate surface area is 108 Å². The molecule has 0 saturated carbocycles. The summed E-state index contributed by atoms with van der Waals surface area (Å²) in [5, 5.41) is 0. The van der Waals surface area contributed by atoms with E-state index < -0.39 is 11.5 Å². The van der Waals surface area contributed by atoms with Crippen LogP contribution in [-0.2, 0) is 14.3 Å². The molecule has 4 heteroatoms. The lowest BCUT2D eigenvalue weighted by Crippen LogP contribution is -2.35. The first-order chi connectivity index (χ1) is 8.31. The molecule has 0 N–H and O–H groups in total. The van der Waals surface area contributed by atoms with E-state index in [2.05, 4.69) is 6.08 Å². The first-order valence-electron chi connectivity index (χ1n) is 6.52. The minimum absolute atomic E-state index is 0.0195. The number of hydrogen-bond acceptors (Lipinski definition) is 3. The highest BCUT2D eigenvalue weighted by Crippen LogP contribution is 2.40. The maximum atomic E-state index is 12.2. The predicted octanol–water partition coefficient (Wildman–Crippen LogP) is 2.10. The summed E-state index contributed by atoms with van der Waals surface area (Å²) in [6, 6.07) is 0. The summed E-state index contributed by atoms with van der Waals surface area (Å²) in [5.74, 6) is -1.12. The Morgan fingerprint density at radius 1 is 1.44 bits per heavy atom.